The number of nitrogens with one attached hydrogen (secondary N) is 1. The summed E-state index contributed by atoms with van der Waals surface area (Å²) in [5.41, 5.74) is 3.14. The maximum absolute atomic E-state index is 13.6. The van der Waals surface area contributed by atoms with Crippen LogP contribution in [0.5, 0.6) is 5.75 Å². The fourth-order valence-electron chi connectivity index (χ4n) is 4.39. The van der Waals surface area contributed by atoms with Crippen molar-refractivity contribution in [3.63, 3.8) is 0 Å². The molecule has 0 bridgehead atoms. The SMILES string of the molecule is CC[C@H](NC(=O)c1c(O)c(-c2cccc3ccccc23)nc2ccccc12)c1ccccc1. The van der Waals surface area contributed by atoms with Gasteiger partial charge in [0.05, 0.1) is 17.1 Å². The average Bonchev–Trinajstić information content (AvgIpc) is 2.87. The number of hydrogen-bond donors (Lipinski definition) is 2. The van der Waals surface area contributed by atoms with Crippen molar-refractivity contribution >= 4 is 27.6 Å². The second-order valence-corrected chi connectivity index (χ2v) is 8.07. The average molecular weight is 433 g/mol. The van der Waals surface area contributed by atoms with E-state index in [0.717, 1.165) is 28.3 Å². The second-order valence-electron chi connectivity index (χ2n) is 8.07. The topological polar surface area (TPSA) is 62.2 Å². The summed E-state index contributed by atoms with van der Waals surface area (Å²) in [6.07, 6.45) is 0.732. The molecule has 1 amide bonds. The summed E-state index contributed by atoms with van der Waals surface area (Å²) in [6, 6.07) is 31.0. The van der Waals surface area contributed by atoms with E-state index in [1.165, 1.54) is 0 Å². The summed E-state index contributed by atoms with van der Waals surface area (Å²) in [5, 5.41) is 17.2. The van der Waals surface area contributed by atoms with Gasteiger partial charge in [-0.05, 0) is 28.8 Å². The van der Waals surface area contributed by atoms with Crippen LogP contribution < -0.4 is 5.32 Å². The first kappa shape index (κ1) is 20.7. The molecular weight excluding hydrogens is 408 g/mol. The third kappa shape index (κ3) is 3.80. The van der Waals surface area contributed by atoms with Crippen molar-refractivity contribution in [3.8, 4) is 17.0 Å². The van der Waals surface area contributed by atoms with Crippen LogP contribution in [0.4, 0.5) is 0 Å². The zero-order chi connectivity index (χ0) is 22.8. The number of carbonyl (C=O) groups excluding carboxylic acids is 1. The predicted octanol–water partition coefficient (Wildman–Crippen LogP) is 6.64. The van der Waals surface area contributed by atoms with Crippen molar-refractivity contribution < 1.29 is 9.90 Å². The Labute approximate surface area is 192 Å². The molecule has 4 nitrogen and oxygen atoms in total. The number of benzene rings is 4. The first-order valence-electron chi connectivity index (χ1n) is 11.1. The smallest absolute Gasteiger partial charge is 0.256 e. The molecule has 1 heterocycles. The summed E-state index contributed by atoms with van der Waals surface area (Å²) < 4.78 is 0. The summed E-state index contributed by atoms with van der Waals surface area (Å²) in [6.45, 7) is 2.03. The van der Waals surface area contributed by atoms with Crippen LogP contribution >= 0.6 is 0 Å². The Kier molecular flexibility index (Phi) is 5.49. The monoisotopic (exact) mass is 432 g/mol. The standard InChI is InChI=1S/C29H24N2O2/c1-2-24(20-12-4-3-5-13-20)31-29(33)26-23-16-8-9-18-25(23)30-27(28(26)32)22-17-10-14-19-11-6-7-15-21(19)22/h3-18,24,32H,2H2,1H3,(H,31,33)/t24-/m0/s1. The summed E-state index contributed by atoms with van der Waals surface area (Å²) in [7, 11) is 0. The molecule has 5 aromatic rings. The van der Waals surface area contributed by atoms with E-state index in [2.05, 4.69) is 5.32 Å². The predicted molar refractivity (Wildman–Crippen MR) is 133 cm³/mol. The van der Waals surface area contributed by atoms with E-state index in [1.807, 2.05) is 104 Å². The quantitative estimate of drug-likeness (QED) is 0.327. The molecule has 0 fully saturated rings. The first-order valence-corrected chi connectivity index (χ1v) is 11.1. The molecule has 0 saturated heterocycles. The Morgan fingerprint density at radius 3 is 2.30 bits per heavy atom. The van der Waals surface area contributed by atoms with Crippen molar-refractivity contribution in [2.75, 3.05) is 0 Å². The van der Waals surface area contributed by atoms with Gasteiger partial charge in [-0.15, -0.1) is 0 Å². The van der Waals surface area contributed by atoms with Gasteiger partial charge in [0.25, 0.3) is 5.91 Å². The Balaban J connectivity index is 1.67. The highest BCUT2D eigenvalue weighted by Gasteiger charge is 2.24. The maximum atomic E-state index is 13.6. The maximum Gasteiger partial charge on any atom is 0.256 e. The largest absolute Gasteiger partial charge is 0.505 e. The number of rotatable bonds is 5. The summed E-state index contributed by atoms with van der Waals surface area (Å²) >= 11 is 0. The van der Waals surface area contributed by atoms with Crippen molar-refractivity contribution in [2.45, 2.75) is 19.4 Å². The molecule has 5 rings (SSSR count). The lowest BCUT2D eigenvalue weighted by Crippen LogP contribution is -2.28. The number of aromatic nitrogens is 1. The minimum Gasteiger partial charge on any atom is -0.505 e. The lowest BCUT2D eigenvalue weighted by atomic mass is 9.97. The first-order chi connectivity index (χ1) is 16.2. The van der Waals surface area contributed by atoms with Crippen LogP contribution in [-0.4, -0.2) is 16.0 Å². The van der Waals surface area contributed by atoms with Gasteiger partial charge >= 0.3 is 0 Å². The molecule has 0 radical (unpaired) electrons. The Hall–Kier alpha value is -4.18. The highest BCUT2D eigenvalue weighted by atomic mass is 16.3. The van der Waals surface area contributed by atoms with E-state index >= 15 is 0 Å². The fraction of sp³-hybridized carbons (Fsp3) is 0.103. The molecule has 33 heavy (non-hydrogen) atoms. The number of hydrogen-bond acceptors (Lipinski definition) is 3. The van der Waals surface area contributed by atoms with Gasteiger partial charge in [0.1, 0.15) is 5.69 Å². The van der Waals surface area contributed by atoms with Crippen molar-refractivity contribution in [3.05, 3.63) is 108 Å². The van der Waals surface area contributed by atoms with E-state index in [9.17, 15) is 9.90 Å². The molecule has 0 aliphatic heterocycles. The molecule has 0 saturated carbocycles. The number of para-hydroxylation sites is 1. The van der Waals surface area contributed by atoms with Crippen LogP contribution in [0.1, 0.15) is 35.3 Å². The van der Waals surface area contributed by atoms with Crippen molar-refractivity contribution in [1.29, 1.82) is 0 Å². The Bertz CT molecular complexity index is 1460. The minimum absolute atomic E-state index is 0.106. The van der Waals surface area contributed by atoms with Crippen LogP contribution in [0.25, 0.3) is 32.9 Å². The zero-order valence-electron chi connectivity index (χ0n) is 18.3. The third-order valence-electron chi connectivity index (χ3n) is 6.05. The zero-order valence-corrected chi connectivity index (χ0v) is 18.3. The van der Waals surface area contributed by atoms with Crippen molar-refractivity contribution in [1.82, 2.24) is 10.3 Å². The second kappa shape index (κ2) is 8.75. The molecule has 4 heteroatoms. The molecule has 0 aliphatic rings. The van der Waals surface area contributed by atoms with Crippen molar-refractivity contribution in [2.24, 2.45) is 0 Å². The number of fused-ring (bicyclic) bond motifs is 2. The summed E-state index contributed by atoms with van der Waals surface area (Å²) in [5.74, 6) is -0.422. The number of carbonyl (C=O) groups is 1. The van der Waals surface area contributed by atoms with Gasteiger partial charge in [-0.25, -0.2) is 4.98 Å². The van der Waals surface area contributed by atoms with Crippen LogP contribution in [0.3, 0.4) is 0 Å². The number of nitrogens with zero attached hydrogens (tertiary/aromatic N) is 1. The van der Waals surface area contributed by atoms with Gasteiger partial charge in [-0.2, -0.15) is 0 Å². The molecule has 162 valence electrons. The number of aromatic hydroxyl groups is 1. The molecule has 1 aromatic heterocycles. The number of amides is 1. The summed E-state index contributed by atoms with van der Waals surface area (Å²) in [4.78, 5) is 18.3. The molecule has 2 N–H and O–H groups in total. The molecule has 0 unspecified atom stereocenters. The molecule has 4 aromatic carbocycles. The van der Waals surface area contributed by atoms with E-state index < -0.39 is 0 Å². The van der Waals surface area contributed by atoms with E-state index in [4.69, 9.17) is 4.98 Å². The highest BCUT2D eigenvalue weighted by molar-refractivity contribution is 6.11. The van der Waals surface area contributed by atoms with Crippen LogP contribution in [-0.2, 0) is 0 Å². The van der Waals surface area contributed by atoms with Gasteiger partial charge in [-0.1, -0.05) is 97.9 Å². The molecular formula is C29H24N2O2. The van der Waals surface area contributed by atoms with Crippen LogP contribution in [0.15, 0.2) is 97.1 Å². The molecule has 0 spiro atoms. The minimum atomic E-state index is -0.316. The number of pyridine rings is 1. The molecule has 0 aliphatic carbocycles. The van der Waals surface area contributed by atoms with Gasteiger partial charge in [0, 0.05) is 10.9 Å². The lowest BCUT2D eigenvalue weighted by Gasteiger charge is -2.19. The Morgan fingerprint density at radius 2 is 1.52 bits per heavy atom. The van der Waals surface area contributed by atoms with E-state index in [0.29, 0.717) is 16.6 Å². The highest BCUT2D eigenvalue weighted by Crippen LogP contribution is 2.38. The van der Waals surface area contributed by atoms with Crippen LogP contribution in [0, 0.1) is 0 Å². The van der Waals surface area contributed by atoms with Gasteiger partial charge in [-0.3, -0.25) is 4.79 Å². The van der Waals surface area contributed by atoms with Crippen LogP contribution in [0.2, 0.25) is 0 Å². The van der Waals surface area contributed by atoms with Gasteiger partial charge < -0.3 is 10.4 Å². The van der Waals surface area contributed by atoms with E-state index in [-0.39, 0.29) is 23.3 Å². The molecule has 1 atom stereocenters. The lowest BCUT2D eigenvalue weighted by molar-refractivity contribution is 0.0934. The van der Waals surface area contributed by atoms with Gasteiger partial charge in [0.15, 0.2) is 5.75 Å². The Morgan fingerprint density at radius 1 is 0.848 bits per heavy atom. The van der Waals surface area contributed by atoms with E-state index in [1.54, 1.807) is 0 Å². The third-order valence-corrected chi connectivity index (χ3v) is 6.05. The normalized spacial score (nSPS) is 12.0. The van der Waals surface area contributed by atoms with Gasteiger partial charge in [0.2, 0.25) is 0 Å². The fourth-order valence-corrected chi connectivity index (χ4v) is 4.39.